The van der Waals surface area contributed by atoms with E-state index in [1.807, 2.05) is 42.7 Å². The monoisotopic (exact) mass is 329 g/mol. The van der Waals surface area contributed by atoms with Crippen LogP contribution in [-0.4, -0.2) is 41.3 Å². The van der Waals surface area contributed by atoms with E-state index in [0.717, 1.165) is 42.9 Å². The Morgan fingerprint density at radius 3 is 2.74 bits per heavy atom. The van der Waals surface area contributed by atoms with Crippen LogP contribution in [0, 0.1) is 0 Å². The normalized spacial score (nSPS) is 18.4. The number of hydrogen-bond donors (Lipinski definition) is 0. The van der Waals surface area contributed by atoms with Gasteiger partial charge in [-0.25, -0.2) is 4.98 Å². The van der Waals surface area contributed by atoms with Gasteiger partial charge in [0.1, 0.15) is 5.01 Å². The highest BCUT2D eigenvalue weighted by Gasteiger charge is 2.30. The summed E-state index contributed by atoms with van der Waals surface area (Å²) >= 11 is 1.64. The lowest BCUT2D eigenvalue weighted by atomic mass is 10.0. The van der Waals surface area contributed by atoms with E-state index in [-0.39, 0.29) is 11.9 Å². The Kier molecular flexibility index (Phi) is 5.08. The number of likely N-dealkylation sites (tertiary alicyclic amines) is 1. The standard InChI is InChI=1S/C18H23N3OS/c1-20(2)13-14-6-8-15(9-7-14)18(22)21-11-4-3-5-16(21)17-19-10-12-23-17/h6-10,12,16H,3-5,11,13H2,1-2H3. The summed E-state index contributed by atoms with van der Waals surface area (Å²) in [5.41, 5.74) is 2.00. The second-order valence-electron chi connectivity index (χ2n) is 6.32. The summed E-state index contributed by atoms with van der Waals surface area (Å²) < 4.78 is 0. The van der Waals surface area contributed by atoms with Crippen molar-refractivity contribution in [2.75, 3.05) is 20.6 Å². The third-order valence-electron chi connectivity index (χ3n) is 4.20. The highest BCUT2D eigenvalue weighted by Crippen LogP contribution is 2.33. The van der Waals surface area contributed by atoms with Gasteiger partial charge in [0.2, 0.25) is 0 Å². The fourth-order valence-corrected chi connectivity index (χ4v) is 3.90. The minimum atomic E-state index is 0.126. The first-order valence-corrected chi connectivity index (χ1v) is 8.97. The van der Waals surface area contributed by atoms with Crippen molar-refractivity contribution in [3.63, 3.8) is 0 Å². The maximum Gasteiger partial charge on any atom is 0.254 e. The van der Waals surface area contributed by atoms with Crippen molar-refractivity contribution in [2.45, 2.75) is 31.8 Å². The van der Waals surface area contributed by atoms with Crippen LogP contribution in [0.3, 0.4) is 0 Å². The van der Waals surface area contributed by atoms with Crippen LogP contribution in [0.2, 0.25) is 0 Å². The van der Waals surface area contributed by atoms with Gasteiger partial charge in [-0.1, -0.05) is 12.1 Å². The Bertz CT molecular complexity index is 637. The molecule has 1 aliphatic rings. The van der Waals surface area contributed by atoms with Gasteiger partial charge in [0.15, 0.2) is 0 Å². The molecule has 1 aromatic heterocycles. The summed E-state index contributed by atoms with van der Waals surface area (Å²) in [6.07, 6.45) is 5.08. The van der Waals surface area contributed by atoms with Crippen molar-refractivity contribution < 1.29 is 4.79 Å². The number of piperidine rings is 1. The van der Waals surface area contributed by atoms with Crippen LogP contribution in [-0.2, 0) is 6.54 Å². The van der Waals surface area contributed by atoms with Crippen LogP contribution in [0.15, 0.2) is 35.8 Å². The maximum atomic E-state index is 12.9. The molecular weight excluding hydrogens is 306 g/mol. The second-order valence-corrected chi connectivity index (χ2v) is 7.24. The molecule has 2 aromatic rings. The largest absolute Gasteiger partial charge is 0.329 e. The molecule has 1 amide bonds. The molecule has 1 atom stereocenters. The zero-order valence-electron chi connectivity index (χ0n) is 13.7. The summed E-state index contributed by atoms with van der Waals surface area (Å²) in [6.45, 7) is 1.71. The molecule has 0 aliphatic carbocycles. The van der Waals surface area contributed by atoms with Crippen molar-refractivity contribution in [3.05, 3.63) is 52.0 Å². The lowest BCUT2D eigenvalue weighted by Gasteiger charge is -2.34. The Labute approximate surface area is 141 Å². The number of rotatable bonds is 4. The molecule has 3 rings (SSSR count). The zero-order chi connectivity index (χ0) is 16.2. The number of benzene rings is 1. The van der Waals surface area contributed by atoms with E-state index in [1.54, 1.807) is 11.3 Å². The molecule has 0 bridgehead atoms. The molecule has 122 valence electrons. The number of carbonyl (C=O) groups is 1. The van der Waals surface area contributed by atoms with E-state index in [2.05, 4.69) is 22.0 Å². The van der Waals surface area contributed by atoms with E-state index in [9.17, 15) is 4.79 Å². The first kappa shape index (κ1) is 16.1. The average molecular weight is 329 g/mol. The lowest BCUT2D eigenvalue weighted by molar-refractivity contribution is 0.0611. The number of amides is 1. The molecule has 1 saturated heterocycles. The van der Waals surface area contributed by atoms with Gasteiger partial charge in [0.05, 0.1) is 6.04 Å². The highest BCUT2D eigenvalue weighted by atomic mass is 32.1. The summed E-state index contributed by atoms with van der Waals surface area (Å²) in [7, 11) is 4.09. The van der Waals surface area contributed by atoms with Gasteiger partial charge in [-0.15, -0.1) is 11.3 Å². The van der Waals surface area contributed by atoms with Gasteiger partial charge in [0, 0.05) is 30.2 Å². The maximum absolute atomic E-state index is 12.9. The smallest absolute Gasteiger partial charge is 0.254 e. The molecule has 0 radical (unpaired) electrons. The Balaban J connectivity index is 1.77. The molecular formula is C18H23N3OS. The number of thiazole rings is 1. The number of hydrogen-bond acceptors (Lipinski definition) is 4. The fourth-order valence-electron chi connectivity index (χ4n) is 3.11. The SMILES string of the molecule is CN(C)Cc1ccc(C(=O)N2CCCCC2c2nccs2)cc1. The Morgan fingerprint density at radius 1 is 1.30 bits per heavy atom. The first-order chi connectivity index (χ1) is 11.1. The fraction of sp³-hybridized carbons (Fsp3) is 0.444. The van der Waals surface area contributed by atoms with E-state index in [4.69, 9.17) is 0 Å². The lowest BCUT2D eigenvalue weighted by Crippen LogP contribution is -2.38. The molecule has 1 fully saturated rings. The Morgan fingerprint density at radius 2 is 2.09 bits per heavy atom. The van der Waals surface area contributed by atoms with E-state index in [0.29, 0.717) is 0 Å². The third kappa shape index (κ3) is 3.79. The van der Waals surface area contributed by atoms with Crippen molar-refractivity contribution in [1.29, 1.82) is 0 Å². The van der Waals surface area contributed by atoms with Crippen molar-refractivity contribution in [1.82, 2.24) is 14.8 Å². The summed E-state index contributed by atoms with van der Waals surface area (Å²) in [6, 6.07) is 8.15. The highest BCUT2D eigenvalue weighted by molar-refractivity contribution is 7.09. The first-order valence-electron chi connectivity index (χ1n) is 8.09. The molecule has 2 heterocycles. The molecule has 5 heteroatoms. The Hall–Kier alpha value is -1.72. The summed E-state index contributed by atoms with van der Waals surface area (Å²) in [4.78, 5) is 21.5. The van der Waals surface area contributed by atoms with Crippen molar-refractivity contribution >= 4 is 17.2 Å². The number of nitrogens with zero attached hydrogens (tertiary/aromatic N) is 3. The topological polar surface area (TPSA) is 36.4 Å². The second kappa shape index (κ2) is 7.23. The predicted molar refractivity (Wildman–Crippen MR) is 93.6 cm³/mol. The van der Waals surface area contributed by atoms with Crippen LogP contribution < -0.4 is 0 Å². The van der Waals surface area contributed by atoms with Crippen molar-refractivity contribution in [3.8, 4) is 0 Å². The van der Waals surface area contributed by atoms with Gasteiger partial charge >= 0.3 is 0 Å². The molecule has 0 spiro atoms. The average Bonchev–Trinajstić information content (AvgIpc) is 3.09. The molecule has 1 unspecified atom stereocenters. The van der Waals surface area contributed by atoms with Gasteiger partial charge in [0.25, 0.3) is 5.91 Å². The molecule has 23 heavy (non-hydrogen) atoms. The van der Waals surface area contributed by atoms with Gasteiger partial charge < -0.3 is 9.80 Å². The molecule has 1 aliphatic heterocycles. The minimum Gasteiger partial charge on any atom is -0.329 e. The van der Waals surface area contributed by atoms with Crippen LogP contribution in [0.4, 0.5) is 0 Å². The summed E-state index contributed by atoms with van der Waals surface area (Å²) in [5.74, 6) is 0.126. The van der Waals surface area contributed by atoms with Gasteiger partial charge in [-0.3, -0.25) is 4.79 Å². The quantitative estimate of drug-likeness (QED) is 0.860. The van der Waals surface area contributed by atoms with Crippen LogP contribution in [0.5, 0.6) is 0 Å². The van der Waals surface area contributed by atoms with E-state index in [1.165, 1.54) is 5.56 Å². The molecule has 0 saturated carbocycles. The predicted octanol–water partition coefficient (Wildman–Crippen LogP) is 3.57. The summed E-state index contributed by atoms with van der Waals surface area (Å²) in [5, 5.41) is 3.05. The van der Waals surface area contributed by atoms with Crippen LogP contribution in [0.1, 0.15) is 46.2 Å². The zero-order valence-corrected chi connectivity index (χ0v) is 14.6. The van der Waals surface area contributed by atoms with Crippen LogP contribution in [0.25, 0.3) is 0 Å². The van der Waals surface area contributed by atoms with Gasteiger partial charge in [-0.2, -0.15) is 0 Å². The van der Waals surface area contributed by atoms with Crippen LogP contribution >= 0.6 is 11.3 Å². The van der Waals surface area contributed by atoms with E-state index >= 15 is 0 Å². The van der Waals surface area contributed by atoms with Crippen molar-refractivity contribution in [2.24, 2.45) is 0 Å². The van der Waals surface area contributed by atoms with E-state index < -0.39 is 0 Å². The number of aromatic nitrogens is 1. The molecule has 4 nitrogen and oxygen atoms in total. The minimum absolute atomic E-state index is 0.126. The van der Waals surface area contributed by atoms with Gasteiger partial charge in [-0.05, 0) is 51.1 Å². The molecule has 1 aromatic carbocycles. The molecule has 0 N–H and O–H groups in total. The number of carbonyl (C=O) groups excluding carboxylic acids is 1. The third-order valence-corrected chi connectivity index (χ3v) is 5.08.